The van der Waals surface area contributed by atoms with Gasteiger partial charge in [-0.15, -0.1) is 0 Å². The summed E-state index contributed by atoms with van der Waals surface area (Å²) in [6.07, 6.45) is 8.26. The lowest BCUT2D eigenvalue weighted by Gasteiger charge is -2.28. The fourth-order valence-corrected chi connectivity index (χ4v) is 4.63. The maximum absolute atomic E-state index is 12.6. The summed E-state index contributed by atoms with van der Waals surface area (Å²) in [4.78, 5) is 26.7. The van der Waals surface area contributed by atoms with Gasteiger partial charge in [0.25, 0.3) is 5.91 Å². The van der Waals surface area contributed by atoms with Gasteiger partial charge < -0.3 is 29.4 Å². The van der Waals surface area contributed by atoms with E-state index in [4.69, 9.17) is 19.2 Å². The minimum atomic E-state index is -0.727. The molecule has 0 unspecified atom stereocenters. The normalized spacial score (nSPS) is 16.1. The van der Waals surface area contributed by atoms with E-state index < -0.39 is 5.60 Å². The van der Waals surface area contributed by atoms with E-state index in [0.717, 1.165) is 35.5 Å². The number of hydrogen-bond donors (Lipinski definition) is 2. The number of nitrogens with one attached hydrogen (secondary N) is 2. The summed E-state index contributed by atoms with van der Waals surface area (Å²) >= 11 is 0. The number of fused-ring (bicyclic) bond motifs is 1. The number of anilines is 1. The summed E-state index contributed by atoms with van der Waals surface area (Å²) in [5.41, 5.74) is 1.77. The van der Waals surface area contributed by atoms with Crippen molar-refractivity contribution in [2.75, 3.05) is 18.7 Å². The first-order chi connectivity index (χ1) is 17.4. The molecule has 2 aromatic heterocycles. The standard InChI is InChI=1S/C27H33N5O4/c1-27(2,35-16-18-10-12-28-13-11-18)26-30-23-24(31-26)32(17-29-25(23)33)15-19-8-9-21(34-3)22(14-19)36-20-6-4-5-7-20/h8-14,20H,4-7,15-17H2,1-3H3,(H,29,33)(H,30,31). The van der Waals surface area contributed by atoms with E-state index in [1.807, 2.05) is 49.1 Å². The zero-order valence-electron chi connectivity index (χ0n) is 21.0. The van der Waals surface area contributed by atoms with E-state index in [2.05, 4.69) is 15.3 Å². The van der Waals surface area contributed by atoms with Gasteiger partial charge in [-0.25, -0.2) is 4.98 Å². The molecular formula is C27H33N5O4. The van der Waals surface area contributed by atoms with Crippen LogP contribution in [0.2, 0.25) is 0 Å². The number of imidazole rings is 1. The number of hydrogen-bond acceptors (Lipinski definition) is 7. The molecular weight excluding hydrogens is 458 g/mol. The van der Waals surface area contributed by atoms with Gasteiger partial charge in [-0.2, -0.15) is 0 Å². The average Bonchev–Trinajstić information content (AvgIpc) is 3.57. The van der Waals surface area contributed by atoms with E-state index in [9.17, 15) is 4.79 Å². The summed E-state index contributed by atoms with van der Waals surface area (Å²) in [6, 6.07) is 9.82. The van der Waals surface area contributed by atoms with Crippen molar-refractivity contribution in [2.45, 2.75) is 64.4 Å². The maximum Gasteiger partial charge on any atom is 0.272 e. The lowest BCUT2D eigenvalue weighted by atomic mass is 10.1. The van der Waals surface area contributed by atoms with Gasteiger partial charge in [-0.1, -0.05) is 6.07 Å². The van der Waals surface area contributed by atoms with E-state index in [-0.39, 0.29) is 12.0 Å². The summed E-state index contributed by atoms with van der Waals surface area (Å²) < 4.78 is 18.0. The first kappa shape index (κ1) is 24.1. The van der Waals surface area contributed by atoms with Crippen molar-refractivity contribution in [1.82, 2.24) is 20.3 Å². The Labute approximate surface area is 211 Å². The zero-order valence-corrected chi connectivity index (χ0v) is 21.0. The molecule has 0 spiro atoms. The van der Waals surface area contributed by atoms with E-state index >= 15 is 0 Å². The molecule has 0 atom stereocenters. The Bertz CT molecular complexity index is 1200. The smallest absolute Gasteiger partial charge is 0.272 e. The van der Waals surface area contributed by atoms with Crippen molar-refractivity contribution in [1.29, 1.82) is 0 Å². The second kappa shape index (κ2) is 10.2. The van der Waals surface area contributed by atoms with Gasteiger partial charge in [-0.3, -0.25) is 9.78 Å². The number of carbonyl (C=O) groups is 1. The van der Waals surface area contributed by atoms with Gasteiger partial charge in [0.1, 0.15) is 17.1 Å². The predicted octanol–water partition coefficient (Wildman–Crippen LogP) is 4.29. The van der Waals surface area contributed by atoms with Crippen LogP contribution in [0.25, 0.3) is 0 Å². The third kappa shape index (κ3) is 5.16. The second-order valence-electron chi connectivity index (χ2n) is 9.81. The largest absolute Gasteiger partial charge is 0.493 e. The van der Waals surface area contributed by atoms with Crippen molar-refractivity contribution in [3.8, 4) is 11.5 Å². The predicted molar refractivity (Wildman–Crippen MR) is 135 cm³/mol. The molecule has 9 heteroatoms. The lowest BCUT2D eigenvalue weighted by Crippen LogP contribution is -2.43. The molecule has 1 aromatic carbocycles. The van der Waals surface area contributed by atoms with Crippen LogP contribution in [0.3, 0.4) is 0 Å². The number of rotatable bonds is 9. The zero-order chi connectivity index (χ0) is 25.1. The Kier molecular flexibility index (Phi) is 6.82. The lowest BCUT2D eigenvalue weighted by molar-refractivity contribution is -0.0395. The molecule has 5 rings (SSSR count). The number of ether oxygens (including phenoxy) is 3. The number of H-pyrrole nitrogens is 1. The Morgan fingerprint density at radius 3 is 2.61 bits per heavy atom. The third-order valence-corrected chi connectivity index (χ3v) is 6.76. The second-order valence-corrected chi connectivity index (χ2v) is 9.81. The van der Waals surface area contributed by atoms with Gasteiger partial charge in [0.2, 0.25) is 0 Å². The minimum Gasteiger partial charge on any atom is -0.493 e. The van der Waals surface area contributed by atoms with Crippen LogP contribution in [0.15, 0.2) is 42.7 Å². The first-order valence-electron chi connectivity index (χ1n) is 12.4. The minimum absolute atomic E-state index is 0.176. The average molecular weight is 492 g/mol. The van der Waals surface area contributed by atoms with Gasteiger partial charge in [-0.05, 0) is 74.9 Å². The highest BCUT2D eigenvalue weighted by Crippen LogP contribution is 2.34. The summed E-state index contributed by atoms with van der Waals surface area (Å²) in [7, 11) is 1.66. The summed E-state index contributed by atoms with van der Waals surface area (Å²) in [5.74, 6) is 2.53. The van der Waals surface area contributed by atoms with Gasteiger partial charge in [0.15, 0.2) is 17.3 Å². The van der Waals surface area contributed by atoms with Crippen LogP contribution in [-0.2, 0) is 23.5 Å². The number of pyridine rings is 1. The van der Waals surface area contributed by atoms with E-state index in [0.29, 0.717) is 37.2 Å². The van der Waals surface area contributed by atoms with Crippen LogP contribution in [0.1, 0.15) is 67.0 Å². The fourth-order valence-electron chi connectivity index (χ4n) is 4.63. The number of aromatic nitrogens is 3. The summed E-state index contributed by atoms with van der Waals surface area (Å²) in [5, 5.41) is 2.94. The number of carbonyl (C=O) groups excluding carboxylic acids is 1. The van der Waals surface area contributed by atoms with Gasteiger partial charge in [0.05, 0.1) is 26.5 Å². The molecule has 2 N–H and O–H groups in total. The summed E-state index contributed by atoms with van der Waals surface area (Å²) in [6.45, 7) is 5.21. The van der Waals surface area contributed by atoms with E-state index in [1.165, 1.54) is 12.8 Å². The molecule has 9 nitrogen and oxygen atoms in total. The SMILES string of the molecule is COc1ccc(CN2CNC(=O)c3[nH]c(C(C)(C)OCc4ccncc4)nc32)cc1OC1CCCC1. The van der Waals surface area contributed by atoms with Crippen LogP contribution in [0.4, 0.5) is 5.82 Å². The highest BCUT2D eigenvalue weighted by atomic mass is 16.5. The van der Waals surface area contributed by atoms with Crippen molar-refractivity contribution < 1.29 is 19.0 Å². The maximum atomic E-state index is 12.6. The molecule has 0 bridgehead atoms. The quantitative estimate of drug-likeness (QED) is 0.460. The van der Waals surface area contributed by atoms with Crippen LogP contribution in [-0.4, -0.2) is 40.7 Å². The van der Waals surface area contributed by atoms with Crippen LogP contribution >= 0.6 is 0 Å². The number of aromatic amines is 1. The Morgan fingerprint density at radius 1 is 1.08 bits per heavy atom. The first-order valence-corrected chi connectivity index (χ1v) is 12.4. The van der Waals surface area contributed by atoms with E-state index in [1.54, 1.807) is 19.5 Å². The third-order valence-electron chi connectivity index (χ3n) is 6.76. The molecule has 0 saturated heterocycles. The van der Waals surface area contributed by atoms with Gasteiger partial charge >= 0.3 is 0 Å². The molecule has 0 radical (unpaired) electrons. The topological polar surface area (TPSA) is 102 Å². The van der Waals surface area contributed by atoms with Crippen molar-refractivity contribution in [3.63, 3.8) is 0 Å². The number of methoxy groups -OCH3 is 1. The van der Waals surface area contributed by atoms with Crippen molar-refractivity contribution >= 4 is 11.7 Å². The Morgan fingerprint density at radius 2 is 1.86 bits per heavy atom. The number of benzene rings is 1. The molecule has 1 fully saturated rings. The molecule has 1 aliphatic heterocycles. The highest BCUT2D eigenvalue weighted by molar-refractivity contribution is 5.99. The molecule has 190 valence electrons. The molecule has 2 aliphatic rings. The van der Waals surface area contributed by atoms with Gasteiger partial charge in [0, 0.05) is 18.9 Å². The number of amides is 1. The number of nitrogens with zero attached hydrogens (tertiary/aromatic N) is 3. The molecule has 1 aliphatic carbocycles. The molecule has 3 aromatic rings. The van der Waals surface area contributed by atoms with Crippen molar-refractivity contribution in [3.05, 3.63) is 65.4 Å². The molecule has 1 amide bonds. The Hall–Kier alpha value is -3.59. The fraction of sp³-hybridized carbons (Fsp3) is 0.444. The van der Waals surface area contributed by atoms with Crippen LogP contribution in [0, 0.1) is 0 Å². The monoisotopic (exact) mass is 491 g/mol. The molecule has 36 heavy (non-hydrogen) atoms. The highest BCUT2D eigenvalue weighted by Gasteiger charge is 2.33. The molecule has 1 saturated carbocycles. The Balaban J connectivity index is 1.35. The van der Waals surface area contributed by atoms with Crippen LogP contribution < -0.4 is 19.7 Å². The van der Waals surface area contributed by atoms with Crippen molar-refractivity contribution in [2.24, 2.45) is 0 Å². The van der Waals surface area contributed by atoms with Crippen LogP contribution in [0.5, 0.6) is 11.5 Å². The molecule has 3 heterocycles.